The van der Waals surface area contributed by atoms with Crippen molar-refractivity contribution in [2.75, 3.05) is 17.6 Å². The molecule has 0 unspecified atom stereocenters. The van der Waals surface area contributed by atoms with E-state index < -0.39 is 9.84 Å². The lowest BCUT2D eigenvalue weighted by atomic mass is 9.70. The Morgan fingerprint density at radius 2 is 2.06 bits per heavy atom. The average molecular weight is 253 g/mol. The number of sulfone groups is 1. The molecule has 1 aromatic rings. The summed E-state index contributed by atoms with van der Waals surface area (Å²) < 4.78 is 24.6. The van der Waals surface area contributed by atoms with Crippen LogP contribution in [0.15, 0.2) is 23.1 Å². The van der Waals surface area contributed by atoms with Crippen LogP contribution in [-0.2, 0) is 9.84 Å². The minimum absolute atomic E-state index is 0.0898. The zero-order chi connectivity index (χ0) is 12.1. The Balaban J connectivity index is 2.10. The van der Waals surface area contributed by atoms with Crippen LogP contribution in [0.2, 0.25) is 0 Å². The fourth-order valence-electron chi connectivity index (χ4n) is 2.74. The van der Waals surface area contributed by atoms with E-state index >= 15 is 0 Å². The second-order valence-electron chi connectivity index (χ2n) is 5.15. The molecular formula is C12H15NO3S. The van der Waals surface area contributed by atoms with Crippen molar-refractivity contribution in [1.82, 2.24) is 0 Å². The van der Waals surface area contributed by atoms with Gasteiger partial charge in [0.1, 0.15) is 5.75 Å². The second kappa shape index (κ2) is 3.38. The maximum absolute atomic E-state index is 12.3. The van der Waals surface area contributed by atoms with Crippen molar-refractivity contribution in [2.24, 2.45) is 5.41 Å². The lowest BCUT2D eigenvalue weighted by Crippen LogP contribution is -2.40. The first-order valence-electron chi connectivity index (χ1n) is 5.81. The maximum atomic E-state index is 12.3. The van der Waals surface area contributed by atoms with Crippen LogP contribution in [0.1, 0.15) is 19.3 Å². The van der Waals surface area contributed by atoms with Crippen LogP contribution in [0.4, 0.5) is 5.69 Å². The van der Waals surface area contributed by atoms with Crippen LogP contribution < -0.4 is 5.32 Å². The summed E-state index contributed by atoms with van der Waals surface area (Å²) >= 11 is 0. The zero-order valence-electron chi connectivity index (χ0n) is 9.44. The molecule has 1 fully saturated rings. The van der Waals surface area contributed by atoms with Crippen LogP contribution in [-0.4, -0.2) is 25.8 Å². The predicted octanol–water partition coefficient (Wildman–Crippen LogP) is 1.76. The summed E-state index contributed by atoms with van der Waals surface area (Å²) in [5.41, 5.74) is 0.446. The highest BCUT2D eigenvalue weighted by atomic mass is 32.2. The number of phenolic OH excluding ortho intramolecular Hbond substituents is 1. The lowest BCUT2D eigenvalue weighted by molar-refractivity contribution is 0.184. The van der Waals surface area contributed by atoms with Gasteiger partial charge in [-0.3, -0.25) is 0 Å². The molecule has 0 atom stereocenters. The monoisotopic (exact) mass is 253 g/mol. The molecule has 0 saturated heterocycles. The number of benzene rings is 1. The molecule has 1 saturated carbocycles. The lowest BCUT2D eigenvalue weighted by Gasteiger charge is -2.40. The highest BCUT2D eigenvalue weighted by molar-refractivity contribution is 7.91. The van der Waals surface area contributed by atoms with Gasteiger partial charge in [-0.1, -0.05) is 6.42 Å². The summed E-state index contributed by atoms with van der Waals surface area (Å²) in [6, 6.07) is 4.41. The molecule has 3 rings (SSSR count). The topological polar surface area (TPSA) is 66.4 Å². The van der Waals surface area contributed by atoms with Gasteiger partial charge in [-0.15, -0.1) is 0 Å². The van der Waals surface area contributed by atoms with Crippen LogP contribution in [0.5, 0.6) is 5.75 Å². The first kappa shape index (κ1) is 10.9. The highest BCUT2D eigenvalue weighted by Gasteiger charge is 2.43. The first-order valence-corrected chi connectivity index (χ1v) is 7.46. The van der Waals surface area contributed by atoms with E-state index in [0.717, 1.165) is 19.3 Å². The van der Waals surface area contributed by atoms with Crippen molar-refractivity contribution in [3.8, 4) is 5.75 Å². The summed E-state index contributed by atoms with van der Waals surface area (Å²) in [6.45, 7) is 0.683. The molecule has 1 aliphatic carbocycles. The molecule has 1 heterocycles. The minimum Gasteiger partial charge on any atom is -0.508 e. The first-order chi connectivity index (χ1) is 8.01. The van der Waals surface area contributed by atoms with Crippen molar-refractivity contribution in [2.45, 2.75) is 24.2 Å². The Morgan fingerprint density at radius 1 is 1.29 bits per heavy atom. The molecule has 17 heavy (non-hydrogen) atoms. The zero-order valence-corrected chi connectivity index (χ0v) is 10.3. The third kappa shape index (κ3) is 1.69. The standard InChI is InChI=1S/C12H15NO3S/c14-9-2-3-11-10(6-9)13-7-12(4-1-5-12)8-17(11,15)16/h2-3,6,13-14H,1,4-5,7-8H2. The Morgan fingerprint density at radius 3 is 2.71 bits per heavy atom. The molecule has 5 heteroatoms. The number of aromatic hydroxyl groups is 1. The number of hydrogen-bond acceptors (Lipinski definition) is 4. The molecule has 2 N–H and O–H groups in total. The Bertz CT molecular complexity index is 561. The molecule has 4 nitrogen and oxygen atoms in total. The molecule has 1 aliphatic heterocycles. The van der Waals surface area contributed by atoms with E-state index in [0.29, 0.717) is 17.1 Å². The number of nitrogens with one attached hydrogen (secondary N) is 1. The van der Waals surface area contributed by atoms with E-state index in [1.807, 2.05) is 0 Å². The fourth-order valence-corrected chi connectivity index (χ4v) is 4.83. The summed E-state index contributed by atoms with van der Waals surface area (Å²) in [5.74, 6) is 0.320. The van der Waals surface area contributed by atoms with Crippen LogP contribution in [0.3, 0.4) is 0 Å². The van der Waals surface area contributed by atoms with Gasteiger partial charge < -0.3 is 10.4 Å². The smallest absolute Gasteiger partial charge is 0.181 e. The van der Waals surface area contributed by atoms with E-state index in [9.17, 15) is 13.5 Å². The van der Waals surface area contributed by atoms with Crippen LogP contribution >= 0.6 is 0 Å². The summed E-state index contributed by atoms with van der Waals surface area (Å²) in [7, 11) is -3.24. The van der Waals surface area contributed by atoms with Gasteiger partial charge in [0.25, 0.3) is 0 Å². The molecule has 0 bridgehead atoms. The van der Waals surface area contributed by atoms with Crippen molar-refractivity contribution < 1.29 is 13.5 Å². The molecule has 2 aliphatic rings. The predicted molar refractivity (Wildman–Crippen MR) is 64.9 cm³/mol. The van der Waals surface area contributed by atoms with Gasteiger partial charge in [-0.2, -0.15) is 0 Å². The van der Waals surface area contributed by atoms with Crippen molar-refractivity contribution in [1.29, 1.82) is 0 Å². The quantitative estimate of drug-likeness (QED) is 0.739. The van der Waals surface area contributed by atoms with Crippen LogP contribution in [0, 0.1) is 5.41 Å². The molecule has 0 amide bonds. The van der Waals surface area contributed by atoms with Crippen molar-refractivity contribution in [3.05, 3.63) is 18.2 Å². The van der Waals surface area contributed by atoms with Gasteiger partial charge in [0.05, 0.1) is 16.3 Å². The molecule has 1 aromatic carbocycles. The fraction of sp³-hybridized carbons (Fsp3) is 0.500. The molecule has 92 valence electrons. The number of hydrogen-bond donors (Lipinski definition) is 2. The van der Waals surface area contributed by atoms with Gasteiger partial charge >= 0.3 is 0 Å². The van der Waals surface area contributed by atoms with E-state index in [1.165, 1.54) is 18.2 Å². The van der Waals surface area contributed by atoms with Gasteiger partial charge in [0, 0.05) is 18.0 Å². The van der Waals surface area contributed by atoms with Crippen molar-refractivity contribution >= 4 is 15.5 Å². The van der Waals surface area contributed by atoms with Gasteiger partial charge in [0.15, 0.2) is 9.84 Å². The Hall–Kier alpha value is -1.23. The molecule has 0 aromatic heterocycles. The van der Waals surface area contributed by atoms with E-state index in [-0.39, 0.29) is 16.9 Å². The Labute approximate surface area is 101 Å². The van der Waals surface area contributed by atoms with Gasteiger partial charge in [-0.25, -0.2) is 8.42 Å². The number of fused-ring (bicyclic) bond motifs is 1. The second-order valence-corrected chi connectivity index (χ2v) is 7.10. The molecule has 1 spiro atoms. The highest BCUT2D eigenvalue weighted by Crippen LogP contribution is 2.46. The van der Waals surface area contributed by atoms with E-state index in [2.05, 4.69) is 5.32 Å². The van der Waals surface area contributed by atoms with Gasteiger partial charge in [0.2, 0.25) is 0 Å². The number of phenols is 1. The summed E-state index contributed by atoms with van der Waals surface area (Å²) in [6.07, 6.45) is 3.05. The summed E-state index contributed by atoms with van der Waals surface area (Å²) in [5, 5.41) is 12.6. The molecule has 0 radical (unpaired) electrons. The van der Waals surface area contributed by atoms with E-state index in [1.54, 1.807) is 0 Å². The van der Waals surface area contributed by atoms with Crippen LogP contribution in [0.25, 0.3) is 0 Å². The third-order valence-electron chi connectivity index (χ3n) is 3.86. The maximum Gasteiger partial charge on any atom is 0.181 e. The molecular weight excluding hydrogens is 238 g/mol. The Kier molecular flexibility index (Phi) is 2.17. The minimum atomic E-state index is -3.24. The average Bonchev–Trinajstić information content (AvgIpc) is 2.32. The SMILES string of the molecule is O=S1(=O)CC2(CCC2)CNc2cc(O)ccc21. The van der Waals surface area contributed by atoms with Crippen molar-refractivity contribution in [3.63, 3.8) is 0 Å². The number of anilines is 1. The normalized spacial score (nSPS) is 24.2. The third-order valence-corrected chi connectivity index (χ3v) is 5.88. The van der Waals surface area contributed by atoms with Gasteiger partial charge in [-0.05, 0) is 25.0 Å². The van der Waals surface area contributed by atoms with E-state index in [4.69, 9.17) is 0 Å². The number of rotatable bonds is 0. The largest absolute Gasteiger partial charge is 0.508 e. The summed E-state index contributed by atoms with van der Waals surface area (Å²) in [4.78, 5) is 0.319.